The Labute approximate surface area is 91.1 Å². The Morgan fingerprint density at radius 3 is 2.88 bits per heavy atom. The molecule has 0 saturated heterocycles. The maximum atomic E-state index is 13.2. The van der Waals surface area contributed by atoms with Crippen molar-refractivity contribution in [1.82, 2.24) is 0 Å². The van der Waals surface area contributed by atoms with Gasteiger partial charge in [-0.2, -0.15) is 0 Å². The summed E-state index contributed by atoms with van der Waals surface area (Å²) in [6, 6.07) is 3.14. The molecular weight excluding hydrogens is 218 g/mol. The van der Waals surface area contributed by atoms with Gasteiger partial charge in [0.25, 0.3) is 0 Å². The summed E-state index contributed by atoms with van der Waals surface area (Å²) in [4.78, 5) is 11.0. The van der Waals surface area contributed by atoms with Gasteiger partial charge >= 0.3 is 5.97 Å². The first-order valence-electron chi connectivity index (χ1n) is 5.14. The molecule has 5 heteroatoms. The normalized spacial score (nSPS) is 28.9. The quantitative estimate of drug-likeness (QED) is 0.849. The van der Waals surface area contributed by atoms with Gasteiger partial charge in [0.15, 0.2) is 0 Å². The van der Waals surface area contributed by atoms with Crippen LogP contribution in [0.15, 0.2) is 22.8 Å². The first kappa shape index (κ1) is 11.1. The fraction of sp³-hybridized carbons (Fsp3) is 0.545. The highest BCUT2D eigenvalue weighted by Gasteiger charge is 2.45. The SMILES string of the molecule is O=C(O)[C@@H]1CCC(F)(F)C[C@H]1c1ccco1. The molecule has 0 aliphatic heterocycles. The van der Waals surface area contributed by atoms with E-state index in [0.29, 0.717) is 5.76 Å². The second-order valence-corrected chi connectivity index (χ2v) is 4.17. The summed E-state index contributed by atoms with van der Waals surface area (Å²) in [5.74, 6) is -4.98. The molecule has 2 rings (SSSR count). The summed E-state index contributed by atoms with van der Waals surface area (Å²) in [6.45, 7) is 0. The van der Waals surface area contributed by atoms with Crippen molar-refractivity contribution < 1.29 is 23.1 Å². The third-order valence-electron chi connectivity index (χ3n) is 3.05. The fourth-order valence-electron chi connectivity index (χ4n) is 2.23. The van der Waals surface area contributed by atoms with Crippen molar-refractivity contribution in [2.45, 2.75) is 31.1 Å². The van der Waals surface area contributed by atoms with E-state index in [1.165, 1.54) is 6.26 Å². The van der Waals surface area contributed by atoms with Gasteiger partial charge in [0.05, 0.1) is 12.2 Å². The molecule has 0 amide bonds. The lowest BCUT2D eigenvalue weighted by Crippen LogP contribution is -2.34. The van der Waals surface area contributed by atoms with Gasteiger partial charge in [-0.15, -0.1) is 0 Å². The lowest BCUT2D eigenvalue weighted by molar-refractivity contribution is -0.147. The van der Waals surface area contributed by atoms with E-state index < -0.39 is 30.1 Å². The van der Waals surface area contributed by atoms with Crippen molar-refractivity contribution in [1.29, 1.82) is 0 Å². The van der Waals surface area contributed by atoms with Crippen molar-refractivity contribution in [3.05, 3.63) is 24.2 Å². The minimum atomic E-state index is -2.79. The van der Waals surface area contributed by atoms with Crippen LogP contribution in [0, 0.1) is 5.92 Å². The van der Waals surface area contributed by atoms with Crippen LogP contribution in [0.25, 0.3) is 0 Å². The van der Waals surface area contributed by atoms with E-state index in [2.05, 4.69) is 0 Å². The molecule has 88 valence electrons. The highest BCUT2D eigenvalue weighted by molar-refractivity contribution is 5.71. The zero-order valence-corrected chi connectivity index (χ0v) is 8.53. The number of alkyl halides is 2. The van der Waals surface area contributed by atoms with E-state index in [4.69, 9.17) is 9.52 Å². The van der Waals surface area contributed by atoms with Gasteiger partial charge in [0.2, 0.25) is 5.92 Å². The Balaban J connectivity index is 2.25. The Bertz CT molecular complexity index is 373. The number of rotatable bonds is 2. The molecule has 1 aliphatic carbocycles. The fourth-order valence-corrected chi connectivity index (χ4v) is 2.23. The molecule has 1 aromatic heterocycles. The van der Waals surface area contributed by atoms with E-state index in [9.17, 15) is 13.6 Å². The molecule has 2 atom stereocenters. The van der Waals surface area contributed by atoms with E-state index in [1.54, 1.807) is 12.1 Å². The third kappa shape index (κ3) is 2.08. The molecule has 1 saturated carbocycles. The maximum Gasteiger partial charge on any atom is 0.307 e. The first-order chi connectivity index (χ1) is 7.49. The van der Waals surface area contributed by atoms with Crippen LogP contribution in [0.2, 0.25) is 0 Å². The lowest BCUT2D eigenvalue weighted by atomic mass is 9.76. The highest BCUT2D eigenvalue weighted by atomic mass is 19.3. The van der Waals surface area contributed by atoms with Gasteiger partial charge in [-0.25, -0.2) is 8.78 Å². The molecule has 16 heavy (non-hydrogen) atoms. The Morgan fingerprint density at radius 1 is 1.56 bits per heavy atom. The van der Waals surface area contributed by atoms with Gasteiger partial charge < -0.3 is 9.52 Å². The minimum Gasteiger partial charge on any atom is -0.481 e. The number of carboxylic acid groups (broad SMARTS) is 1. The largest absolute Gasteiger partial charge is 0.481 e. The van der Waals surface area contributed by atoms with E-state index in [1.807, 2.05) is 0 Å². The number of halogens is 2. The second kappa shape index (κ2) is 3.88. The van der Waals surface area contributed by atoms with Crippen LogP contribution < -0.4 is 0 Å². The van der Waals surface area contributed by atoms with Gasteiger partial charge in [0.1, 0.15) is 5.76 Å². The topological polar surface area (TPSA) is 50.4 Å². The molecule has 1 heterocycles. The first-order valence-corrected chi connectivity index (χ1v) is 5.14. The van der Waals surface area contributed by atoms with Crippen molar-refractivity contribution in [3.8, 4) is 0 Å². The predicted molar refractivity (Wildman–Crippen MR) is 51.4 cm³/mol. The van der Waals surface area contributed by atoms with Crippen LogP contribution in [-0.2, 0) is 4.79 Å². The van der Waals surface area contributed by atoms with Crippen LogP contribution in [0.5, 0.6) is 0 Å². The average Bonchev–Trinajstić information content (AvgIpc) is 2.68. The maximum absolute atomic E-state index is 13.2. The van der Waals surface area contributed by atoms with Crippen molar-refractivity contribution in [2.24, 2.45) is 5.92 Å². The Kier molecular flexibility index (Phi) is 2.69. The van der Waals surface area contributed by atoms with Crippen LogP contribution in [0.3, 0.4) is 0 Å². The highest BCUT2D eigenvalue weighted by Crippen LogP contribution is 2.45. The van der Waals surface area contributed by atoms with Crippen LogP contribution >= 0.6 is 0 Å². The van der Waals surface area contributed by atoms with Crippen molar-refractivity contribution in [3.63, 3.8) is 0 Å². The summed E-state index contributed by atoms with van der Waals surface area (Å²) in [7, 11) is 0. The summed E-state index contributed by atoms with van der Waals surface area (Å²) >= 11 is 0. The minimum absolute atomic E-state index is 0.00625. The third-order valence-corrected chi connectivity index (χ3v) is 3.05. The lowest BCUT2D eigenvalue weighted by Gasteiger charge is -2.32. The number of furan rings is 1. The molecule has 0 unspecified atom stereocenters. The summed E-state index contributed by atoms with van der Waals surface area (Å²) in [5.41, 5.74) is 0. The summed E-state index contributed by atoms with van der Waals surface area (Å²) in [5, 5.41) is 8.99. The van der Waals surface area contributed by atoms with Crippen LogP contribution in [0.4, 0.5) is 8.78 Å². The monoisotopic (exact) mass is 230 g/mol. The van der Waals surface area contributed by atoms with Gasteiger partial charge in [-0.05, 0) is 18.6 Å². The van der Waals surface area contributed by atoms with Gasteiger partial charge in [-0.1, -0.05) is 0 Å². The predicted octanol–water partition coefficient (Wildman–Crippen LogP) is 2.88. The smallest absolute Gasteiger partial charge is 0.307 e. The molecule has 0 bridgehead atoms. The van der Waals surface area contributed by atoms with Crippen LogP contribution in [-0.4, -0.2) is 17.0 Å². The molecular formula is C11H12F2O3. The number of hydrogen-bond donors (Lipinski definition) is 1. The molecule has 0 spiro atoms. The number of hydrogen-bond acceptors (Lipinski definition) is 2. The van der Waals surface area contributed by atoms with E-state index in [-0.39, 0.29) is 12.8 Å². The zero-order chi connectivity index (χ0) is 11.8. The molecule has 0 aromatic carbocycles. The number of carbonyl (C=O) groups is 1. The van der Waals surface area contributed by atoms with Crippen molar-refractivity contribution >= 4 is 5.97 Å². The molecule has 1 fully saturated rings. The second-order valence-electron chi connectivity index (χ2n) is 4.17. The average molecular weight is 230 g/mol. The van der Waals surface area contributed by atoms with Crippen molar-refractivity contribution in [2.75, 3.05) is 0 Å². The van der Waals surface area contributed by atoms with E-state index in [0.717, 1.165) is 0 Å². The molecule has 1 aromatic rings. The number of carboxylic acids is 1. The standard InChI is InChI=1S/C11H12F2O3/c12-11(13)4-3-7(10(14)15)8(6-11)9-2-1-5-16-9/h1-2,5,7-8H,3-4,6H2,(H,14,15)/t7-,8-/m1/s1. The molecule has 0 radical (unpaired) electrons. The molecule has 1 aliphatic rings. The molecule has 1 N–H and O–H groups in total. The summed E-state index contributed by atoms with van der Waals surface area (Å²) in [6.07, 6.45) is 0.563. The van der Waals surface area contributed by atoms with E-state index >= 15 is 0 Å². The van der Waals surface area contributed by atoms with Crippen LogP contribution in [0.1, 0.15) is 30.9 Å². The summed E-state index contributed by atoms with van der Waals surface area (Å²) < 4.78 is 31.5. The van der Waals surface area contributed by atoms with Gasteiger partial charge in [-0.3, -0.25) is 4.79 Å². The molecule has 3 nitrogen and oxygen atoms in total. The zero-order valence-electron chi connectivity index (χ0n) is 8.53. The number of aliphatic carboxylic acids is 1. The Hall–Kier alpha value is -1.39. The van der Waals surface area contributed by atoms with Gasteiger partial charge in [0, 0.05) is 18.8 Å². The Morgan fingerprint density at radius 2 is 2.31 bits per heavy atom.